The lowest BCUT2D eigenvalue weighted by Gasteiger charge is -2.32. The predicted molar refractivity (Wildman–Crippen MR) is 146 cm³/mol. The van der Waals surface area contributed by atoms with E-state index in [1.165, 1.54) is 25.0 Å². The summed E-state index contributed by atoms with van der Waals surface area (Å²) < 4.78 is 31.5. The molecule has 0 heterocycles. The van der Waals surface area contributed by atoms with E-state index in [1.807, 2.05) is 13.8 Å². The van der Waals surface area contributed by atoms with Crippen LogP contribution in [0.25, 0.3) is 0 Å². The number of hydrogen-bond acceptors (Lipinski definition) is 7. The molecule has 1 atom stereocenters. The van der Waals surface area contributed by atoms with Crippen LogP contribution >= 0.6 is 23.2 Å². The molecule has 2 rings (SSSR count). The zero-order valence-electron chi connectivity index (χ0n) is 21.6. The van der Waals surface area contributed by atoms with Gasteiger partial charge in [0.15, 0.2) is 0 Å². The number of amides is 2. The lowest BCUT2D eigenvalue weighted by atomic mass is 10.1. The molecule has 2 aromatic carbocycles. The van der Waals surface area contributed by atoms with Gasteiger partial charge in [-0.05, 0) is 36.6 Å². The van der Waals surface area contributed by atoms with E-state index in [4.69, 9.17) is 27.9 Å². The zero-order valence-corrected chi connectivity index (χ0v) is 23.9. The van der Waals surface area contributed by atoms with E-state index in [0.717, 1.165) is 18.4 Å². The highest BCUT2D eigenvalue weighted by Crippen LogP contribution is 2.34. The number of benzene rings is 2. The molecule has 0 unspecified atom stereocenters. The van der Waals surface area contributed by atoms with Gasteiger partial charge in [0.1, 0.15) is 24.0 Å². The van der Waals surface area contributed by atoms with Gasteiger partial charge in [-0.25, -0.2) is 8.42 Å². The number of nitrogens with one attached hydrogen (secondary N) is 1. The second-order valence-corrected chi connectivity index (χ2v) is 11.7. The van der Waals surface area contributed by atoms with Crippen molar-refractivity contribution in [2.24, 2.45) is 5.92 Å². The van der Waals surface area contributed by atoms with E-state index in [0.29, 0.717) is 21.4 Å². The van der Waals surface area contributed by atoms with Crippen LogP contribution in [0, 0.1) is 16.0 Å². The molecule has 0 fully saturated rings. The third kappa shape index (κ3) is 8.20. The van der Waals surface area contributed by atoms with Crippen molar-refractivity contribution in [2.75, 3.05) is 30.8 Å². The normalized spacial score (nSPS) is 12.1. The fraction of sp³-hybridized carbons (Fsp3) is 0.417. The SMILES string of the molecule is COc1ccc([N+](=O)[O-])cc1N(CC(=O)N(Cc1ccc(Cl)c(Cl)c1)[C@@H](C)C(=O)NCC(C)C)S(C)(=O)=O. The highest BCUT2D eigenvalue weighted by Gasteiger charge is 2.32. The molecule has 0 aromatic heterocycles. The summed E-state index contributed by atoms with van der Waals surface area (Å²) in [7, 11) is -2.86. The molecule has 0 radical (unpaired) electrons. The number of rotatable bonds is 12. The Labute approximate surface area is 231 Å². The minimum absolute atomic E-state index is 0.00702. The van der Waals surface area contributed by atoms with Crippen molar-refractivity contribution in [3.8, 4) is 5.75 Å². The topological polar surface area (TPSA) is 139 Å². The fourth-order valence-electron chi connectivity index (χ4n) is 3.45. The van der Waals surface area contributed by atoms with Crippen molar-refractivity contribution in [2.45, 2.75) is 33.4 Å². The molecule has 0 spiro atoms. The number of ether oxygens (including phenoxy) is 1. The Kier molecular flexibility index (Phi) is 10.7. The van der Waals surface area contributed by atoms with Gasteiger partial charge in [-0.3, -0.25) is 24.0 Å². The number of hydrogen-bond donors (Lipinski definition) is 1. The standard InChI is InChI=1S/C24H30Cl2N4O7S/c1-15(2)12-27-24(32)16(3)28(13-17-6-8-19(25)20(26)10-17)23(31)14-29(38(5,35)36)21-11-18(30(33)34)7-9-22(21)37-4/h6-11,15-16H,12-14H2,1-5H3,(H,27,32)/t16-/m0/s1. The Morgan fingerprint density at radius 1 is 1.11 bits per heavy atom. The zero-order chi connectivity index (χ0) is 28.8. The molecule has 0 aliphatic carbocycles. The lowest BCUT2D eigenvalue weighted by Crippen LogP contribution is -2.51. The number of non-ortho nitro benzene ring substituents is 1. The van der Waals surface area contributed by atoms with Crippen molar-refractivity contribution >= 4 is 56.4 Å². The second kappa shape index (κ2) is 13.1. The molecule has 0 bridgehead atoms. The summed E-state index contributed by atoms with van der Waals surface area (Å²) in [6.07, 6.45) is 0.862. The molecular weight excluding hydrogens is 559 g/mol. The number of sulfonamides is 1. The number of nitro groups is 1. The van der Waals surface area contributed by atoms with Crippen LogP contribution in [0.1, 0.15) is 26.3 Å². The number of anilines is 1. The fourth-order valence-corrected chi connectivity index (χ4v) is 4.62. The minimum atomic E-state index is -4.13. The van der Waals surface area contributed by atoms with Crippen molar-refractivity contribution in [1.82, 2.24) is 10.2 Å². The molecule has 0 aliphatic rings. The van der Waals surface area contributed by atoms with E-state index in [2.05, 4.69) is 5.32 Å². The summed E-state index contributed by atoms with van der Waals surface area (Å²) in [6.45, 7) is 4.89. The van der Waals surface area contributed by atoms with Gasteiger partial charge < -0.3 is 15.0 Å². The van der Waals surface area contributed by atoms with E-state index in [-0.39, 0.29) is 28.9 Å². The van der Waals surface area contributed by atoms with Gasteiger partial charge in [-0.1, -0.05) is 43.1 Å². The van der Waals surface area contributed by atoms with Gasteiger partial charge in [-0.2, -0.15) is 0 Å². The summed E-state index contributed by atoms with van der Waals surface area (Å²) in [6, 6.07) is 7.13. The quantitative estimate of drug-likeness (QED) is 0.293. The summed E-state index contributed by atoms with van der Waals surface area (Å²) in [5.74, 6) is -1.01. The monoisotopic (exact) mass is 588 g/mol. The highest BCUT2D eigenvalue weighted by atomic mass is 35.5. The van der Waals surface area contributed by atoms with Gasteiger partial charge >= 0.3 is 0 Å². The third-order valence-electron chi connectivity index (χ3n) is 5.51. The van der Waals surface area contributed by atoms with Crippen molar-refractivity contribution in [3.05, 3.63) is 62.1 Å². The molecular formula is C24H30Cl2N4O7S. The molecule has 2 aromatic rings. The highest BCUT2D eigenvalue weighted by molar-refractivity contribution is 7.92. The maximum absolute atomic E-state index is 13.6. The summed E-state index contributed by atoms with van der Waals surface area (Å²) in [5.41, 5.74) is -0.0324. The summed E-state index contributed by atoms with van der Waals surface area (Å²) >= 11 is 12.1. The lowest BCUT2D eigenvalue weighted by molar-refractivity contribution is -0.384. The Morgan fingerprint density at radius 2 is 1.76 bits per heavy atom. The molecule has 208 valence electrons. The maximum Gasteiger partial charge on any atom is 0.271 e. The van der Waals surface area contributed by atoms with Crippen LogP contribution in [-0.2, 0) is 26.2 Å². The van der Waals surface area contributed by atoms with E-state index in [1.54, 1.807) is 18.2 Å². The number of methoxy groups -OCH3 is 1. The van der Waals surface area contributed by atoms with Crippen LogP contribution in [0.4, 0.5) is 11.4 Å². The molecule has 1 N–H and O–H groups in total. The van der Waals surface area contributed by atoms with Gasteiger partial charge in [0.2, 0.25) is 21.8 Å². The Balaban J connectivity index is 2.52. The average Bonchev–Trinajstić information content (AvgIpc) is 2.84. The number of nitrogens with zero attached hydrogens (tertiary/aromatic N) is 3. The molecule has 0 aliphatic heterocycles. The van der Waals surface area contributed by atoms with Crippen LogP contribution in [0.5, 0.6) is 5.75 Å². The van der Waals surface area contributed by atoms with Crippen LogP contribution in [0.2, 0.25) is 10.0 Å². The van der Waals surface area contributed by atoms with E-state index in [9.17, 15) is 28.1 Å². The Bertz CT molecular complexity index is 1300. The molecule has 38 heavy (non-hydrogen) atoms. The number of carbonyl (C=O) groups excluding carboxylic acids is 2. The minimum Gasteiger partial charge on any atom is -0.495 e. The number of halogens is 2. The largest absolute Gasteiger partial charge is 0.495 e. The first-order valence-corrected chi connectivity index (χ1v) is 14.1. The second-order valence-electron chi connectivity index (χ2n) is 8.97. The van der Waals surface area contributed by atoms with E-state index >= 15 is 0 Å². The molecule has 14 heteroatoms. The van der Waals surface area contributed by atoms with Gasteiger partial charge in [0, 0.05) is 25.2 Å². The third-order valence-corrected chi connectivity index (χ3v) is 7.38. The maximum atomic E-state index is 13.6. The smallest absolute Gasteiger partial charge is 0.271 e. The van der Waals surface area contributed by atoms with Gasteiger partial charge in [0.05, 0.1) is 28.3 Å². The first-order chi connectivity index (χ1) is 17.6. The van der Waals surface area contributed by atoms with Crippen LogP contribution in [-0.4, -0.2) is 62.6 Å². The van der Waals surface area contributed by atoms with Crippen LogP contribution in [0.15, 0.2) is 36.4 Å². The molecule has 11 nitrogen and oxygen atoms in total. The van der Waals surface area contributed by atoms with Crippen molar-refractivity contribution in [1.29, 1.82) is 0 Å². The first kappa shape index (κ1) is 31.1. The van der Waals surface area contributed by atoms with E-state index < -0.39 is 45.0 Å². The molecule has 0 saturated heterocycles. The first-order valence-electron chi connectivity index (χ1n) is 11.5. The van der Waals surface area contributed by atoms with Crippen molar-refractivity contribution in [3.63, 3.8) is 0 Å². The van der Waals surface area contributed by atoms with Gasteiger partial charge in [-0.15, -0.1) is 0 Å². The van der Waals surface area contributed by atoms with Crippen LogP contribution in [0.3, 0.4) is 0 Å². The van der Waals surface area contributed by atoms with Crippen LogP contribution < -0.4 is 14.4 Å². The molecule has 0 saturated carbocycles. The van der Waals surface area contributed by atoms with Gasteiger partial charge in [0.25, 0.3) is 5.69 Å². The Morgan fingerprint density at radius 3 is 2.29 bits per heavy atom. The van der Waals surface area contributed by atoms with Crippen molar-refractivity contribution < 1.29 is 27.7 Å². The number of carbonyl (C=O) groups is 2. The summed E-state index contributed by atoms with van der Waals surface area (Å²) in [5, 5.41) is 14.7. The predicted octanol–water partition coefficient (Wildman–Crippen LogP) is 3.87. The molecule has 2 amide bonds. The number of nitro benzene ring substituents is 1. The average molecular weight is 589 g/mol. The summed E-state index contributed by atoms with van der Waals surface area (Å²) in [4.78, 5) is 38.4. The Hall–Kier alpha value is -3.09.